The number of fused-ring (bicyclic) bond motifs is 1. The summed E-state index contributed by atoms with van der Waals surface area (Å²) in [6.07, 6.45) is -3.17. The summed E-state index contributed by atoms with van der Waals surface area (Å²) in [6, 6.07) is 11.5. The van der Waals surface area contributed by atoms with Crippen LogP contribution in [0, 0.1) is 0 Å². The highest BCUT2D eigenvalue weighted by molar-refractivity contribution is 6.05. The number of nitrogens with one attached hydrogen (secondary N) is 2. The summed E-state index contributed by atoms with van der Waals surface area (Å²) in [5, 5.41) is 16.7. The third kappa shape index (κ3) is 4.20. The van der Waals surface area contributed by atoms with Gasteiger partial charge in [0.2, 0.25) is 0 Å². The van der Waals surface area contributed by atoms with Gasteiger partial charge in [0.05, 0.1) is 6.61 Å². The van der Waals surface area contributed by atoms with Crippen LogP contribution in [0.5, 0.6) is 0 Å². The number of hydrogen-bond donors (Lipinski definition) is 3. The largest absolute Gasteiger partial charge is 0.439 e. The van der Waals surface area contributed by atoms with E-state index < -0.39 is 29.8 Å². The van der Waals surface area contributed by atoms with E-state index in [-0.39, 0.29) is 24.9 Å². The highest BCUT2D eigenvalue weighted by atomic mass is 16.5. The molecule has 12 nitrogen and oxygen atoms in total. The average molecular weight is 479 g/mol. The fourth-order valence-electron chi connectivity index (χ4n) is 4.11. The van der Waals surface area contributed by atoms with Gasteiger partial charge in [0.15, 0.2) is 18.0 Å². The number of carbonyl (C=O) groups is 3. The molecule has 0 bridgehead atoms. The van der Waals surface area contributed by atoms with Crippen LogP contribution < -0.4 is 16.0 Å². The predicted molar refractivity (Wildman–Crippen MR) is 122 cm³/mol. The van der Waals surface area contributed by atoms with E-state index in [0.717, 1.165) is 5.56 Å². The number of nitrogens with zero attached hydrogens (tertiary/aromatic N) is 3. The van der Waals surface area contributed by atoms with Crippen molar-refractivity contribution in [3.63, 3.8) is 0 Å². The summed E-state index contributed by atoms with van der Waals surface area (Å²) in [4.78, 5) is 54.6. The van der Waals surface area contributed by atoms with E-state index in [4.69, 9.17) is 4.74 Å². The lowest BCUT2D eigenvalue weighted by molar-refractivity contribution is -0.150. The summed E-state index contributed by atoms with van der Waals surface area (Å²) >= 11 is 0. The molecule has 3 N–H and O–H groups in total. The minimum Gasteiger partial charge on any atom is -0.380 e. The Bertz CT molecular complexity index is 1360. The molecule has 3 aromatic rings. The molecule has 1 fully saturated rings. The molecule has 3 heterocycles. The molecular formula is C23H21N5O7. The van der Waals surface area contributed by atoms with Gasteiger partial charge in [-0.05, 0) is 42.0 Å². The minimum absolute atomic E-state index is 0.107. The van der Waals surface area contributed by atoms with E-state index in [1.165, 1.54) is 4.90 Å². The Hall–Kier alpha value is -4.29. The van der Waals surface area contributed by atoms with Crippen LogP contribution in [0.15, 0.2) is 51.8 Å². The minimum atomic E-state index is -1.76. The number of anilines is 2. The average Bonchev–Trinajstić information content (AvgIpc) is 3.41. The zero-order chi connectivity index (χ0) is 24.7. The van der Waals surface area contributed by atoms with Crippen LogP contribution in [0.2, 0.25) is 0 Å². The maximum absolute atomic E-state index is 13.1. The number of morpholine rings is 1. The number of ether oxygens (including phenoxy) is 1. The number of aliphatic hydroxyl groups excluding tert-OH is 1. The van der Waals surface area contributed by atoms with Crippen LogP contribution in [0.4, 0.5) is 11.4 Å². The van der Waals surface area contributed by atoms with Gasteiger partial charge in [0, 0.05) is 42.6 Å². The first kappa shape index (κ1) is 22.5. The van der Waals surface area contributed by atoms with Gasteiger partial charge in [0.1, 0.15) is 0 Å². The number of aromatic nitrogens is 2. The van der Waals surface area contributed by atoms with E-state index in [9.17, 15) is 24.3 Å². The molecule has 0 aliphatic carbocycles. The molecule has 0 radical (unpaired) electrons. The van der Waals surface area contributed by atoms with Gasteiger partial charge < -0.3 is 25.0 Å². The van der Waals surface area contributed by atoms with Crippen molar-refractivity contribution < 1.29 is 28.8 Å². The normalized spacial score (nSPS) is 18.5. The number of benzene rings is 2. The molecule has 180 valence electrons. The van der Waals surface area contributed by atoms with Crippen molar-refractivity contribution in [2.45, 2.75) is 18.8 Å². The van der Waals surface area contributed by atoms with Crippen LogP contribution >= 0.6 is 0 Å². The van der Waals surface area contributed by atoms with Gasteiger partial charge in [0.25, 0.3) is 17.7 Å². The van der Waals surface area contributed by atoms with Crippen molar-refractivity contribution in [3.05, 3.63) is 64.1 Å². The molecule has 3 amide bonds. The summed E-state index contributed by atoms with van der Waals surface area (Å²) in [5.74, 6) is -1.99. The molecule has 2 unspecified atom stereocenters. The Morgan fingerprint density at radius 2 is 1.97 bits per heavy atom. The highest BCUT2D eigenvalue weighted by Crippen LogP contribution is 2.28. The SMILES string of the molecule is CN1Cc2ccc(N3CCOC(C(O)C(=O)Nc4ccc(-c5noc(=O)[nH]5)cc4)C3=O)cc2C1=O. The summed E-state index contributed by atoms with van der Waals surface area (Å²) in [5.41, 5.74) is 2.80. The number of hydrogen-bond acceptors (Lipinski definition) is 8. The van der Waals surface area contributed by atoms with Crippen LogP contribution in [-0.2, 0) is 20.9 Å². The van der Waals surface area contributed by atoms with E-state index in [1.807, 2.05) is 0 Å². The fourth-order valence-corrected chi connectivity index (χ4v) is 4.11. The quantitative estimate of drug-likeness (QED) is 0.473. The van der Waals surface area contributed by atoms with Crippen molar-refractivity contribution in [3.8, 4) is 11.4 Å². The van der Waals surface area contributed by atoms with Gasteiger partial charge >= 0.3 is 5.76 Å². The molecule has 5 rings (SSSR count). The zero-order valence-electron chi connectivity index (χ0n) is 18.6. The van der Waals surface area contributed by atoms with Gasteiger partial charge in [-0.15, -0.1) is 0 Å². The predicted octanol–water partition coefficient (Wildman–Crippen LogP) is 0.347. The first-order chi connectivity index (χ1) is 16.8. The number of amides is 3. The van der Waals surface area contributed by atoms with Gasteiger partial charge in [-0.1, -0.05) is 11.2 Å². The molecule has 1 saturated heterocycles. The number of aromatic amines is 1. The molecule has 12 heteroatoms. The van der Waals surface area contributed by atoms with Gasteiger partial charge in [-0.3, -0.25) is 23.9 Å². The summed E-state index contributed by atoms with van der Waals surface area (Å²) < 4.78 is 9.91. The van der Waals surface area contributed by atoms with Crippen molar-refractivity contribution in [2.75, 3.05) is 30.4 Å². The number of carbonyl (C=O) groups excluding carboxylic acids is 3. The topological polar surface area (TPSA) is 158 Å². The Morgan fingerprint density at radius 3 is 2.69 bits per heavy atom. The van der Waals surface area contributed by atoms with Crippen molar-refractivity contribution in [1.82, 2.24) is 15.0 Å². The maximum atomic E-state index is 13.1. The van der Waals surface area contributed by atoms with Gasteiger partial charge in [-0.25, -0.2) is 4.79 Å². The first-order valence-corrected chi connectivity index (χ1v) is 10.8. The second-order valence-electron chi connectivity index (χ2n) is 8.24. The maximum Gasteiger partial charge on any atom is 0.439 e. The highest BCUT2D eigenvalue weighted by Gasteiger charge is 2.40. The molecule has 2 atom stereocenters. The molecule has 2 aliphatic rings. The Labute approximate surface area is 198 Å². The lowest BCUT2D eigenvalue weighted by Gasteiger charge is -2.34. The standard InChI is InChI=1S/C23H21N5O7/c1-27-11-13-4-7-15(10-16(13)21(27)31)28-8-9-34-18(22(28)32)17(29)20(30)24-14-5-2-12(3-6-14)19-25-23(33)35-26-19/h2-7,10,17-18,29H,8-9,11H2,1H3,(H,24,30)(H,25,26,33). The summed E-state index contributed by atoms with van der Waals surface area (Å²) in [6.45, 7) is 0.832. The molecule has 2 aromatic carbocycles. The van der Waals surface area contributed by atoms with E-state index >= 15 is 0 Å². The molecule has 35 heavy (non-hydrogen) atoms. The van der Waals surface area contributed by atoms with E-state index in [2.05, 4.69) is 20.0 Å². The van der Waals surface area contributed by atoms with Crippen LogP contribution in [0.3, 0.4) is 0 Å². The lowest BCUT2D eigenvalue weighted by atomic mass is 10.1. The van der Waals surface area contributed by atoms with Crippen LogP contribution in [-0.4, -0.2) is 70.3 Å². The number of aliphatic hydroxyl groups is 1. The summed E-state index contributed by atoms with van der Waals surface area (Å²) in [7, 11) is 1.70. The second-order valence-corrected chi connectivity index (χ2v) is 8.24. The number of rotatable bonds is 5. The molecule has 0 spiro atoms. The van der Waals surface area contributed by atoms with Gasteiger partial charge in [-0.2, -0.15) is 0 Å². The van der Waals surface area contributed by atoms with Crippen LogP contribution in [0.25, 0.3) is 11.4 Å². The van der Waals surface area contributed by atoms with Crippen molar-refractivity contribution in [2.24, 2.45) is 0 Å². The monoisotopic (exact) mass is 479 g/mol. The Kier molecular flexibility index (Phi) is 5.67. The smallest absolute Gasteiger partial charge is 0.380 e. The third-order valence-corrected chi connectivity index (χ3v) is 5.93. The first-order valence-electron chi connectivity index (χ1n) is 10.8. The Morgan fingerprint density at radius 1 is 1.20 bits per heavy atom. The Balaban J connectivity index is 1.27. The lowest BCUT2D eigenvalue weighted by Crippen LogP contribution is -2.55. The van der Waals surface area contributed by atoms with Crippen LogP contribution in [0.1, 0.15) is 15.9 Å². The van der Waals surface area contributed by atoms with Crippen molar-refractivity contribution in [1.29, 1.82) is 0 Å². The molecule has 0 saturated carbocycles. The molecular weight excluding hydrogens is 458 g/mol. The third-order valence-electron chi connectivity index (χ3n) is 5.93. The fraction of sp³-hybridized carbons (Fsp3) is 0.261. The molecule has 2 aliphatic heterocycles. The van der Waals surface area contributed by atoms with E-state index in [1.54, 1.807) is 54.4 Å². The second kappa shape index (κ2) is 8.81. The number of H-pyrrole nitrogens is 1. The zero-order valence-corrected chi connectivity index (χ0v) is 18.6. The van der Waals surface area contributed by atoms with Crippen molar-refractivity contribution >= 4 is 29.1 Å². The molecule has 1 aromatic heterocycles. The van der Waals surface area contributed by atoms with E-state index in [0.29, 0.717) is 29.0 Å².